The fourth-order valence-electron chi connectivity index (χ4n) is 2.39. The summed E-state index contributed by atoms with van der Waals surface area (Å²) in [5.41, 5.74) is 1.29. The van der Waals surface area contributed by atoms with Crippen LogP contribution in [0.2, 0.25) is 0 Å². The van der Waals surface area contributed by atoms with Crippen molar-refractivity contribution in [3.05, 3.63) is 29.8 Å². The summed E-state index contributed by atoms with van der Waals surface area (Å²) in [6, 6.07) is 8.04. The van der Waals surface area contributed by atoms with Gasteiger partial charge in [0.2, 0.25) is 0 Å². The van der Waals surface area contributed by atoms with Crippen molar-refractivity contribution in [2.75, 3.05) is 19.7 Å². The van der Waals surface area contributed by atoms with E-state index in [-0.39, 0.29) is 12.5 Å². The van der Waals surface area contributed by atoms with Crippen molar-refractivity contribution in [3.63, 3.8) is 0 Å². The summed E-state index contributed by atoms with van der Waals surface area (Å²) >= 11 is 0. The first-order valence-electron chi connectivity index (χ1n) is 8.10. The summed E-state index contributed by atoms with van der Waals surface area (Å²) in [7, 11) is 0. The average Bonchev–Trinajstić information content (AvgIpc) is 3.28. The highest BCUT2D eigenvalue weighted by atomic mass is 16.5. The Balaban J connectivity index is 1.83. The SMILES string of the molecule is CCCN(CC1CC1)C(=O)COc1ccc(C(C)C)cc1. The topological polar surface area (TPSA) is 29.5 Å². The molecule has 0 atom stereocenters. The molecule has 1 aromatic carbocycles. The molecule has 1 fully saturated rings. The number of ether oxygens (including phenoxy) is 1. The number of benzene rings is 1. The highest BCUT2D eigenvalue weighted by Crippen LogP contribution is 2.29. The third-order valence-electron chi connectivity index (χ3n) is 3.93. The van der Waals surface area contributed by atoms with Gasteiger partial charge >= 0.3 is 0 Å². The van der Waals surface area contributed by atoms with E-state index in [9.17, 15) is 4.79 Å². The Bertz CT molecular complexity index is 449. The minimum absolute atomic E-state index is 0.108. The number of carbonyl (C=O) groups is 1. The van der Waals surface area contributed by atoms with Crippen molar-refractivity contribution in [2.45, 2.75) is 46.0 Å². The van der Waals surface area contributed by atoms with Crippen LogP contribution in [0, 0.1) is 5.92 Å². The first kappa shape index (κ1) is 15.9. The largest absolute Gasteiger partial charge is 0.484 e. The summed E-state index contributed by atoms with van der Waals surface area (Å²) in [5, 5.41) is 0. The van der Waals surface area contributed by atoms with Crippen molar-refractivity contribution in [2.24, 2.45) is 5.92 Å². The van der Waals surface area contributed by atoms with Crippen molar-refractivity contribution in [3.8, 4) is 5.75 Å². The van der Waals surface area contributed by atoms with Crippen LogP contribution in [0.3, 0.4) is 0 Å². The number of hydrogen-bond acceptors (Lipinski definition) is 2. The first-order chi connectivity index (χ1) is 10.1. The van der Waals surface area contributed by atoms with Crippen LogP contribution in [0.25, 0.3) is 0 Å². The predicted molar refractivity (Wildman–Crippen MR) is 85.6 cm³/mol. The Labute approximate surface area is 128 Å². The van der Waals surface area contributed by atoms with Crippen LogP contribution in [-0.2, 0) is 4.79 Å². The quantitative estimate of drug-likeness (QED) is 0.727. The van der Waals surface area contributed by atoms with Gasteiger partial charge < -0.3 is 9.64 Å². The molecule has 3 nitrogen and oxygen atoms in total. The van der Waals surface area contributed by atoms with E-state index in [1.165, 1.54) is 18.4 Å². The van der Waals surface area contributed by atoms with E-state index in [0.29, 0.717) is 5.92 Å². The predicted octanol–water partition coefficient (Wildman–Crippen LogP) is 3.84. The van der Waals surface area contributed by atoms with Crippen LogP contribution in [0.5, 0.6) is 5.75 Å². The van der Waals surface area contributed by atoms with E-state index < -0.39 is 0 Å². The van der Waals surface area contributed by atoms with Gasteiger partial charge in [-0.05, 0) is 48.8 Å². The van der Waals surface area contributed by atoms with E-state index in [0.717, 1.165) is 31.2 Å². The Hall–Kier alpha value is -1.51. The maximum absolute atomic E-state index is 12.2. The minimum atomic E-state index is 0.108. The van der Waals surface area contributed by atoms with Gasteiger partial charge in [0, 0.05) is 13.1 Å². The van der Waals surface area contributed by atoms with Crippen molar-refractivity contribution >= 4 is 5.91 Å². The molecule has 3 heteroatoms. The first-order valence-corrected chi connectivity index (χ1v) is 8.10. The third-order valence-corrected chi connectivity index (χ3v) is 3.93. The van der Waals surface area contributed by atoms with E-state index in [4.69, 9.17) is 4.74 Å². The fourth-order valence-corrected chi connectivity index (χ4v) is 2.39. The second-order valence-electron chi connectivity index (χ2n) is 6.30. The number of rotatable bonds is 8. The molecule has 1 aliphatic carbocycles. The Kier molecular flexibility index (Phi) is 5.66. The van der Waals surface area contributed by atoms with E-state index in [1.807, 2.05) is 17.0 Å². The van der Waals surface area contributed by atoms with Gasteiger partial charge in [0.1, 0.15) is 5.75 Å². The second kappa shape index (κ2) is 7.48. The van der Waals surface area contributed by atoms with Crippen molar-refractivity contribution in [1.82, 2.24) is 4.90 Å². The van der Waals surface area contributed by atoms with Gasteiger partial charge in [-0.1, -0.05) is 32.9 Å². The number of hydrogen-bond donors (Lipinski definition) is 0. The number of amides is 1. The van der Waals surface area contributed by atoms with E-state index in [2.05, 4.69) is 32.9 Å². The zero-order valence-electron chi connectivity index (χ0n) is 13.5. The standard InChI is InChI=1S/C18H27NO2/c1-4-11-19(12-15-5-6-15)18(20)13-21-17-9-7-16(8-10-17)14(2)3/h7-10,14-15H,4-6,11-13H2,1-3H3. The molecule has 0 spiro atoms. The summed E-state index contributed by atoms with van der Waals surface area (Å²) < 4.78 is 5.64. The minimum Gasteiger partial charge on any atom is -0.484 e. The molecular weight excluding hydrogens is 262 g/mol. The summed E-state index contributed by atoms with van der Waals surface area (Å²) in [6.45, 7) is 8.33. The van der Waals surface area contributed by atoms with Crippen LogP contribution < -0.4 is 4.74 Å². The van der Waals surface area contributed by atoms with E-state index in [1.54, 1.807) is 0 Å². The normalized spacial score (nSPS) is 14.3. The van der Waals surface area contributed by atoms with Crippen LogP contribution >= 0.6 is 0 Å². The van der Waals surface area contributed by atoms with Crippen LogP contribution in [-0.4, -0.2) is 30.5 Å². The Morgan fingerprint density at radius 3 is 2.48 bits per heavy atom. The third kappa shape index (κ3) is 5.07. The summed E-state index contributed by atoms with van der Waals surface area (Å²) in [5.74, 6) is 2.12. The van der Waals surface area contributed by atoms with Crippen LogP contribution in [0.4, 0.5) is 0 Å². The van der Waals surface area contributed by atoms with Gasteiger partial charge in [-0.25, -0.2) is 0 Å². The van der Waals surface area contributed by atoms with Crippen molar-refractivity contribution in [1.29, 1.82) is 0 Å². The molecule has 0 heterocycles. The molecule has 116 valence electrons. The average molecular weight is 289 g/mol. The molecule has 0 N–H and O–H groups in total. The zero-order valence-corrected chi connectivity index (χ0v) is 13.5. The highest BCUT2D eigenvalue weighted by molar-refractivity contribution is 5.77. The van der Waals surface area contributed by atoms with Gasteiger partial charge in [0.25, 0.3) is 5.91 Å². The van der Waals surface area contributed by atoms with Crippen LogP contribution in [0.1, 0.15) is 51.5 Å². The lowest BCUT2D eigenvalue weighted by molar-refractivity contribution is -0.133. The summed E-state index contributed by atoms with van der Waals surface area (Å²) in [4.78, 5) is 14.2. The molecule has 0 bridgehead atoms. The molecule has 21 heavy (non-hydrogen) atoms. The Morgan fingerprint density at radius 1 is 1.29 bits per heavy atom. The number of nitrogens with zero attached hydrogens (tertiary/aromatic N) is 1. The highest BCUT2D eigenvalue weighted by Gasteiger charge is 2.26. The number of carbonyl (C=O) groups excluding carboxylic acids is 1. The maximum Gasteiger partial charge on any atom is 0.260 e. The van der Waals surface area contributed by atoms with E-state index >= 15 is 0 Å². The van der Waals surface area contributed by atoms with Gasteiger partial charge in [0.15, 0.2) is 6.61 Å². The summed E-state index contributed by atoms with van der Waals surface area (Å²) in [6.07, 6.45) is 3.54. The molecule has 0 saturated heterocycles. The molecule has 1 amide bonds. The van der Waals surface area contributed by atoms with Gasteiger partial charge in [0.05, 0.1) is 0 Å². The second-order valence-corrected chi connectivity index (χ2v) is 6.30. The molecule has 0 aromatic heterocycles. The lowest BCUT2D eigenvalue weighted by Gasteiger charge is -2.22. The lowest BCUT2D eigenvalue weighted by atomic mass is 10.0. The molecular formula is C18H27NO2. The maximum atomic E-state index is 12.2. The molecule has 0 unspecified atom stereocenters. The molecule has 1 saturated carbocycles. The zero-order chi connectivity index (χ0) is 15.2. The van der Waals surface area contributed by atoms with Crippen LogP contribution in [0.15, 0.2) is 24.3 Å². The lowest BCUT2D eigenvalue weighted by Crippen LogP contribution is -2.37. The Morgan fingerprint density at radius 2 is 1.95 bits per heavy atom. The molecule has 1 aromatic rings. The smallest absolute Gasteiger partial charge is 0.260 e. The van der Waals surface area contributed by atoms with Gasteiger partial charge in [-0.2, -0.15) is 0 Å². The molecule has 1 aliphatic rings. The van der Waals surface area contributed by atoms with Gasteiger partial charge in [-0.15, -0.1) is 0 Å². The monoisotopic (exact) mass is 289 g/mol. The molecule has 0 radical (unpaired) electrons. The fraction of sp³-hybridized carbons (Fsp3) is 0.611. The molecule has 0 aliphatic heterocycles. The van der Waals surface area contributed by atoms with Gasteiger partial charge in [-0.3, -0.25) is 4.79 Å². The molecule has 2 rings (SSSR count). The van der Waals surface area contributed by atoms with Crippen molar-refractivity contribution < 1.29 is 9.53 Å².